The fourth-order valence-corrected chi connectivity index (χ4v) is 9.20. The summed E-state index contributed by atoms with van der Waals surface area (Å²) in [5.74, 6) is -0.879. The highest BCUT2D eigenvalue weighted by Crippen LogP contribution is 2.17. The van der Waals surface area contributed by atoms with Crippen molar-refractivity contribution >= 4 is 17.9 Å². The van der Waals surface area contributed by atoms with Gasteiger partial charge in [-0.25, -0.2) is 0 Å². The molecule has 0 heterocycles. The zero-order valence-corrected chi connectivity index (χ0v) is 47.5. The third-order valence-corrected chi connectivity index (χ3v) is 13.8. The van der Waals surface area contributed by atoms with Gasteiger partial charge in [-0.1, -0.05) is 301 Å². The van der Waals surface area contributed by atoms with E-state index in [1.807, 2.05) is 0 Å². The van der Waals surface area contributed by atoms with E-state index in [1.165, 1.54) is 193 Å². The lowest BCUT2D eigenvalue weighted by atomic mass is 10.0. The number of hydrogen-bond acceptors (Lipinski definition) is 6. The maximum Gasteiger partial charge on any atom is 0.306 e. The molecule has 0 N–H and O–H groups in total. The number of ether oxygens (including phenoxy) is 3. The molecule has 0 aliphatic heterocycles. The minimum atomic E-state index is -0.780. The van der Waals surface area contributed by atoms with Gasteiger partial charge in [0.1, 0.15) is 13.2 Å². The number of carbonyl (C=O) groups excluding carboxylic acids is 3. The van der Waals surface area contributed by atoms with E-state index in [-0.39, 0.29) is 31.1 Å². The van der Waals surface area contributed by atoms with Gasteiger partial charge in [0, 0.05) is 19.3 Å². The molecule has 0 rings (SSSR count). The number of hydrogen-bond donors (Lipinski definition) is 0. The van der Waals surface area contributed by atoms with Crippen molar-refractivity contribution in [1.82, 2.24) is 0 Å². The van der Waals surface area contributed by atoms with Gasteiger partial charge in [-0.15, -0.1) is 0 Å². The Labute approximate surface area is 441 Å². The summed E-state index contributed by atoms with van der Waals surface area (Å²) in [6, 6.07) is 0. The Morgan fingerprint density at radius 2 is 0.549 bits per heavy atom. The van der Waals surface area contributed by atoms with Crippen molar-refractivity contribution in [3.8, 4) is 0 Å². The third-order valence-electron chi connectivity index (χ3n) is 13.8. The van der Waals surface area contributed by atoms with Gasteiger partial charge in [-0.2, -0.15) is 0 Å². The normalized spacial score (nSPS) is 12.3. The lowest BCUT2D eigenvalue weighted by molar-refractivity contribution is -0.167. The average Bonchev–Trinajstić information content (AvgIpc) is 3.37. The van der Waals surface area contributed by atoms with Gasteiger partial charge in [0.2, 0.25) is 0 Å². The Hall–Kier alpha value is -2.63. The van der Waals surface area contributed by atoms with Gasteiger partial charge in [0.25, 0.3) is 0 Å². The zero-order valence-electron chi connectivity index (χ0n) is 47.5. The summed E-state index contributed by atoms with van der Waals surface area (Å²) >= 11 is 0. The molecule has 1 atom stereocenters. The number of rotatable bonds is 57. The first-order valence-corrected chi connectivity index (χ1v) is 31.1. The minimum absolute atomic E-state index is 0.0761. The van der Waals surface area contributed by atoms with Crippen molar-refractivity contribution in [3.63, 3.8) is 0 Å². The number of carbonyl (C=O) groups is 3. The summed E-state index contributed by atoms with van der Waals surface area (Å²) in [5, 5.41) is 0. The molecule has 0 aromatic rings. The first kappa shape index (κ1) is 68.4. The predicted octanol–water partition coefficient (Wildman–Crippen LogP) is 21.0. The number of esters is 3. The first-order valence-electron chi connectivity index (χ1n) is 31.1. The van der Waals surface area contributed by atoms with E-state index in [0.29, 0.717) is 19.3 Å². The lowest BCUT2D eigenvalue weighted by Crippen LogP contribution is -2.30. The Bertz CT molecular complexity index is 1230. The summed E-state index contributed by atoms with van der Waals surface area (Å²) in [6.07, 6.45) is 74.0. The van der Waals surface area contributed by atoms with Crippen LogP contribution < -0.4 is 0 Å². The highest BCUT2D eigenvalue weighted by molar-refractivity contribution is 5.71. The highest BCUT2D eigenvalue weighted by Gasteiger charge is 2.19. The fourth-order valence-electron chi connectivity index (χ4n) is 9.20. The Morgan fingerprint density at radius 1 is 0.296 bits per heavy atom. The molecule has 0 spiro atoms. The molecule has 0 aliphatic carbocycles. The second-order valence-electron chi connectivity index (χ2n) is 21.0. The Morgan fingerprint density at radius 3 is 0.859 bits per heavy atom. The number of unbranched alkanes of at least 4 members (excludes halogenated alkanes) is 38. The fraction of sp³-hybridized carbons (Fsp3) is 0.831. The van der Waals surface area contributed by atoms with Crippen LogP contribution in [0.1, 0.15) is 329 Å². The first-order chi connectivity index (χ1) is 35.0. The van der Waals surface area contributed by atoms with Crippen LogP contribution in [-0.4, -0.2) is 37.2 Å². The molecule has 0 saturated heterocycles. The van der Waals surface area contributed by atoms with Gasteiger partial charge in [-0.05, 0) is 57.8 Å². The maximum absolute atomic E-state index is 12.9. The van der Waals surface area contributed by atoms with E-state index in [9.17, 15) is 14.4 Å². The van der Waals surface area contributed by atoms with Gasteiger partial charge in [0.05, 0.1) is 0 Å². The van der Waals surface area contributed by atoms with Crippen LogP contribution in [0.3, 0.4) is 0 Å². The third kappa shape index (κ3) is 58.1. The SMILES string of the molecule is CC/C=C\C/C=C\C/C=C\C/C=C\CCCCCCC(=O)OC[C@H](COC(=O)CCCCCCCCCCCCCCCCCCCCCCC)OC(=O)CCCCCCCCCCCCCCCCC. The summed E-state index contributed by atoms with van der Waals surface area (Å²) < 4.78 is 16.9. The van der Waals surface area contributed by atoms with Crippen LogP contribution in [-0.2, 0) is 28.6 Å². The zero-order chi connectivity index (χ0) is 51.4. The molecular formula is C65H118O6. The molecule has 0 aromatic carbocycles. The van der Waals surface area contributed by atoms with E-state index in [4.69, 9.17) is 14.2 Å². The van der Waals surface area contributed by atoms with E-state index in [1.54, 1.807) is 0 Å². The van der Waals surface area contributed by atoms with Gasteiger partial charge < -0.3 is 14.2 Å². The Balaban J connectivity index is 4.33. The predicted molar refractivity (Wildman–Crippen MR) is 307 cm³/mol. The van der Waals surface area contributed by atoms with E-state index >= 15 is 0 Å². The van der Waals surface area contributed by atoms with Gasteiger partial charge in [0.15, 0.2) is 6.10 Å². The quantitative estimate of drug-likeness (QED) is 0.0261. The Kier molecular flexibility index (Phi) is 57.7. The van der Waals surface area contributed by atoms with Crippen LogP contribution in [0, 0.1) is 0 Å². The second-order valence-corrected chi connectivity index (χ2v) is 21.0. The molecule has 6 heteroatoms. The molecule has 0 saturated carbocycles. The maximum atomic E-state index is 12.9. The van der Waals surface area contributed by atoms with Crippen LogP contribution in [0.4, 0.5) is 0 Å². The van der Waals surface area contributed by atoms with Crippen molar-refractivity contribution in [2.75, 3.05) is 13.2 Å². The lowest BCUT2D eigenvalue weighted by Gasteiger charge is -2.18. The van der Waals surface area contributed by atoms with Gasteiger partial charge in [-0.3, -0.25) is 14.4 Å². The standard InChI is InChI=1S/C65H118O6/c1-4-7-10-13-16-19-22-25-28-30-31-32-33-35-38-40-43-46-49-52-55-58-64(67)70-61-62(71-65(68)59-56-53-50-47-44-41-36-27-24-21-18-15-12-9-6-3)60-69-63(66)57-54-51-48-45-42-39-37-34-29-26-23-20-17-14-11-8-5-2/h8,11,17,20,26,29,37,39,62H,4-7,9-10,12-16,18-19,21-25,27-28,30-36,38,40-61H2,1-3H3/b11-8-,20-17-,29-26-,39-37-/t62-/m1/s1. The summed E-state index contributed by atoms with van der Waals surface area (Å²) in [7, 11) is 0. The van der Waals surface area contributed by atoms with E-state index in [2.05, 4.69) is 69.4 Å². The summed E-state index contributed by atoms with van der Waals surface area (Å²) in [4.78, 5) is 38.3. The monoisotopic (exact) mass is 995 g/mol. The van der Waals surface area contributed by atoms with Crippen molar-refractivity contribution in [2.24, 2.45) is 0 Å². The molecule has 0 bridgehead atoms. The van der Waals surface area contributed by atoms with Crippen LogP contribution >= 0.6 is 0 Å². The smallest absolute Gasteiger partial charge is 0.306 e. The second kappa shape index (κ2) is 59.9. The van der Waals surface area contributed by atoms with E-state index in [0.717, 1.165) is 96.3 Å². The molecule has 0 aromatic heterocycles. The molecule has 6 nitrogen and oxygen atoms in total. The van der Waals surface area contributed by atoms with Crippen molar-refractivity contribution in [1.29, 1.82) is 0 Å². The topological polar surface area (TPSA) is 78.9 Å². The summed E-state index contributed by atoms with van der Waals surface area (Å²) in [6.45, 7) is 6.56. The molecule has 0 aliphatic rings. The minimum Gasteiger partial charge on any atom is -0.462 e. The molecule has 0 fully saturated rings. The van der Waals surface area contributed by atoms with Crippen LogP contribution in [0.25, 0.3) is 0 Å². The average molecular weight is 996 g/mol. The molecule has 0 radical (unpaired) electrons. The molecular weight excluding hydrogens is 877 g/mol. The molecule has 0 unspecified atom stereocenters. The van der Waals surface area contributed by atoms with Crippen LogP contribution in [0.5, 0.6) is 0 Å². The largest absolute Gasteiger partial charge is 0.462 e. The van der Waals surface area contributed by atoms with E-state index < -0.39 is 6.10 Å². The van der Waals surface area contributed by atoms with Gasteiger partial charge >= 0.3 is 17.9 Å². The summed E-state index contributed by atoms with van der Waals surface area (Å²) in [5.41, 5.74) is 0. The molecule has 414 valence electrons. The van der Waals surface area contributed by atoms with Crippen molar-refractivity contribution < 1.29 is 28.6 Å². The highest BCUT2D eigenvalue weighted by atomic mass is 16.6. The van der Waals surface area contributed by atoms with Crippen molar-refractivity contribution in [3.05, 3.63) is 48.6 Å². The van der Waals surface area contributed by atoms with Crippen LogP contribution in [0.15, 0.2) is 48.6 Å². The van der Waals surface area contributed by atoms with Crippen LogP contribution in [0.2, 0.25) is 0 Å². The molecule has 71 heavy (non-hydrogen) atoms. The number of allylic oxidation sites excluding steroid dienone is 8. The van der Waals surface area contributed by atoms with Crippen molar-refractivity contribution in [2.45, 2.75) is 335 Å². The molecule has 0 amide bonds.